The molecule has 6 nitrogen and oxygen atoms in total. The standard InChI is InChI=1S/C35H33N3O3/c1-3-40-33-20-19-24(22-34(33)41-4-2)35(39)37-25(12-11-21-36)23-32(28-15-7-10-18-31(28)37)38-29-16-8-5-13-26(29)27-14-6-9-17-30(27)38/h5-10,13-20,22,25,32H,3-4,11-12,23H2,1-2H3. The van der Waals surface area contributed by atoms with Gasteiger partial charge in [-0.25, -0.2) is 0 Å². The van der Waals surface area contributed by atoms with Crippen LogP contribution in [0, 0.1) is 11.3 Å². The summed E-state index contributed by atoms with van der Waals surface area (Å²) in [4.78, 5) is 16.2. The molecule has 2 atom stereocenters. The number of anilines is 1. The molecule has 0 bridgehead atoms. The van der Waals surface area contributed by atoms with Gasteiger partial charge in [0.2, 0.25) is 0 Å². The minimum absolute atomic E-state index is 0.00283. The van der Waals surface area contributed by atoms with Crippen molar-refractivity contribution < 1.29 is 14.3 Å². The number of ether oxygens (including phenoxy) is 2. The Morgan fingerprint density at radius 1 is 0.854 bits per heavy atom. The van der Waals surface area contributed by atoms with E-state index >= 15 is 0 Å². The molecule has 0 spiro atoms. The van der Waals surface area contributed by atoms with Crippen molar-refractivity contribution in [3.63, 3.8) is 0 Å². The Morgan fingerprint density at radius 3 is 2.17 bits per heavy atom. The molecule has 41 heavy (non-hydrogen) atoms. The van der Waals surface area contributed by atoms with Crippen LogP contribution in [0.1, 0.15) is 55.1 Å². The van der Waals surface area contributed by atoms with E-state index in [0.29, 0.717) is 49.5 Å². The number of fused-ring (bicyclic) bond motifs is 4. The Bertz CT molecular complexity index is 1710. The molecule has 0 aliphatic carbocycles. The number of carbonyl (C=O) groups is 1. The summed E-state index contributed by atoms with van der Waals surface area (Å²) < 4.78 is 14.0. The number of carbonyl (C=O) groups excluding carboxylic acids is 1. The first-order chi connectivity index (χ1) is 20.2. The maximum Gasteiger partial charge on any atom is 0.258 e. The summed E-state index contributed by atoms with van der Waals surface area (Å²) in [5.74, 6) is 1.07. The van der Waals surface area contributed by atoms with Crippen LogP contribution in [-0.4, -0.2) is 29.7 Å². The second-order valence-corrected chi connectivity index (χ2v) is 10.3. The fourth-order valence-electron chi connectivity index (χ4n) is 6.29. The first kappa shape index (κ1) is 26.5. The maximum atomic E-state index is 14.3. The van der Waals surface area contributed by atoms with Gasteiger partial charge < -0.3 is 18.9 Å². The Kier molecular flexibility index (Phi) is 7.35. The van der Waals surface area contributed by atoms with E-state index in [4.69, 9.17) is 9.47 Å². The molecule has 206 valence electrons. The van der Waals surface area contributed by atoms with E-state index in [-0.39, 0.29) is 18.0 Å². The third-order valence-electron chi connectivity index (χ3n) is 7.94. The predicted molar refractivity (Wildman–Crippen MR) is 163 cm³/mol. The zero-order chi connectivity index (χ0) is 28.3. The van der Waals surface area contributed by atoms with Crippen LogP contribution in [0.3, 0.4) is 0 Å². The summed E-state index contributed by atoms with van der Waals surface area (Å²) in [7, 11) is 0. The van der Waals surface area contributed by atoms with E-state index < -0.39 is 0 Å². The van der Waals surface area contributed by atoms with Crippen molar-refractivity contribution in [2.45, 2.75) is 45.2 Å². The molecule has 0 radical (unpaired) electrons. The number of aromatic nitrogens is 1. The van der Waals surface area contributed by atoms with Crippen LogP contribution >= 0.6 is 0 Å². The summed E-state index contributed by atoms with van der Waals surface area (Å²) in [5.41, 5.74) is 4.84. The largest absolute Gasteiger partial charge is 0.490 e. The van der Waals surface area contributed by atoms with E-state index in [1.165, 1.54) is 21.8 Å². The minimum atomic E-state index is -0.163. The summed E-state index contributed by atoms with van der Waals surface area (Å²) in [5, 5.41) is 12.0. The highest BCUT2D eigenvalue weighted by Crippen LogP contribution is 2.45. The molecule has 1 amide bonds. The molecule has 1 aliphatic rings. The van der Waals surface area contributed by atoms with E-state index in [1.807, 2.05) is 43.0 Å². The van der Waals surface area contributed by atoms with Crippen molar-refractivity contribution in [1.82, 2.24) is 4.57 Å². The molecule has 6 rings (SSSR count). The molecule has 6 heteroatoms. The van der Waals surface area contributed by atoms with E-state index in [1.54, 1.807) is 12.1 Å². The lowest BCUT2D eigenvalue weighted by Gasteiger charge is -2.42. The Morgan fingerprint density at radius 2 is 1.49 bits per heavy atom. The van der Waals surface area contributed by atoms with Gasteiger partial charge in [0.25, 0.3) is 5.91 Å². The van der Waals surface area contributed by atoms with Crippen molar-refractivity contribution in [3.05, 3.63) is 102 Å². The first-order valence-corrected chi connectivity index (χ1v) is 14.3. The second kappa shape index (κ2) is 11.4. The van der Waals surface area contributed by atoms with Gasteiger partial charge in [-0.1, -0.05) is 54.6 Å². The van der Waals surface area contributed by atoms with Crippen LogP contribution < -0.4 is 14.4 Å². The van der Waals surface area contributed by atoms with Gasteiger partial charge >= 0.3 is 0 Å². The summed E-state index contributed by atoms with van der Waals surface area (Å²) in [6.45, 7) is 4.81. The van der Waals surface area contributed by atoms with Gasteiger partial charge in [0.15, 0.2) is 11.5 Å². The molecule has 0 saturated heterocycles. The van der Waals surface area contributed by atoms with Gasteiger partial charge in [0.05, 0.1) is 25.3 Å². The summed E-state index contributed by atoms with van der Waals surface area (Å²) in [6.07, 6.45) is 1.64. The average molecular weight is 544 g/mol. The van der Waals surface area contributed by atoms with Gasteiger partial charge in [-0.3, -0.25) is 4.79 Å². The monoisotopic (exact) mass is 543 g/mol. The summed E-state index contributed by atoms with van der Waals surface area (Å²) >= 11 is 0. The molecule has 0 saturated carbocycles. The van der Waals surface area contributed by atoms with Crippen molar-refractivity contribution in [2.75, 3.05) is 18.1 Å². The molecule has 4 aromatic carbocycles. The molecule has 0 N–H and O–H groups in total. The van der Waals surface area contributed by atoms with Gasteiger partial charge in [0, 0.05) is 45.5 Å². The van der Waals surface area contributed by atoms with E-state index in [2.05, 4.69) is 65.2 Å². The number of rotatable bonds is 8. The Hall–Kier alpha value is -4.76. The molecular formula is C35H33N3O3. The predicted octanol–water partition coefficient (Wildman–Crippen LogP) is 7.90. The zero-order valence-corrected chi connectivity index (χ0v) is 23.4. The fraction of sp³-hybridized carbons (Fsp3) is 0.257. The highest BCUT2D eigenvalue weighted by Gasteiger charge is 2.38. The highest BCUT2D eigenvalue weighted by atomic mass is 16.5. The minimum Gasteiger partial charge on any atom is -0.490 e. The molecular weight excluding hydrogens is 510 g/mol. The zero-order valence-electron chi connectivity index (χ0n) is 23.4. The number of para-hydroxylation sites is 3. The first-order valence-electron chi connectivity index (χ1n) is 14.3. The third kappa shape index (κ3) is 4.68. The van der Waals surface area contributed by atoms with Crippen LogP contribution in [-0.2, 0) is 0 Å². The smallest absolute Gasteiger partial charge is 0.258 e. The number of nitrogens with zero attached hydrogens (tertiary/aromatic N) is 3. The molecule has 5 aromatic rings. The van der Waals surface area contributed by atoms with Crippen LogP contribution in [0.15, 0.2) is 91.0 Å². The lowest BCUT2D eigenvalue weighted by Crippen LogP contribution is -2.45. The normalized spacial score (nSPS) is 16.4. The molecule has 0 fully saturated rings. The summed E-state index contributed by atoms with van der Waals surface area (Å²) in [6, 6.07) is 32.8. The van der Waals surface area contributed by atoms with Crippen molar-refractivity contribution >= 4 is 33.4 Å². The average Bonchev–Trinajstić information content (AvgIpc) is 3.34. The van der Waals surface area contributed by atoms with E-state index in [0.717, 1.165) is 11.3 Å². The number of amides is 1. The maximum absolute atomic E-state index is 14.3. The van der Waals surface area contributed by atoms with E-state index in [9.17, 15) is 10.1 Å². The van der Waals surface area contributed by atoms with Gasteiger partial charge in [0.1, 0.15) is 0 Å². The Labute approximate surface area is 240 Å². The molecule has 1 aromatic heterocycles. The third-order valence-corrected chi connectivity index (χ3v) is 7.94. The lowest BCUT2D eigenvalue weighted by atomic mass is 9.87. The van der Waals surface area contributed by atoms with Crippen LogP contribution in [0.4, 0.5) is 5.69 Å². The second-order valence-electron chi connectivity index (χ2n) is 10.3. The molecule has 1 aliphatic heterocycles. The van der Waals surface area contributed by atoms with Crippen LogP contribution in [0.2, 0.25) is 0 Å². The SMILES string of the molecule is CCOc1ccc(C(=O)N2c3ccccc3C(n3c4ccccc4c4ccccc43)CC2CCC#N)cc1OCC. The topological polar surface area (TPSA) is 67.5 Å². The van der Waals surface area contributed by atoms with Gasteiger partial charge in [-0.05, 0) is 68.7 Å². The number of hydrogen-bond acceptors (Lipinski definition) is 4. The fourth-order valence-corrected chi connectivity index (χ4v) is 6.29. The van der Waals surface area contributed by atoms with Crippen molar-refractivity contribution in [3.8, 4) is 17.6 Å². The van der Waals surface area contributed by atoms with Crippen LogP contribution in [0.25, 0.3) is 21.8 Å². The van der Waals surface area contributed by atoms with Gasteiger partial charge in [-0.2, -0.15) is 5.26 Å². The Balaban J connectivity index is 1.50. The van der Waals surface area contributed by atoms with Crippen LogP contribution in [0.5, 0.6) is 11.5 Å². The number of hydrogen-bond donors (Lipinski definition) is 0. The quantitative estimate of drug-likeness (QED) is 0.199. The lowest BCUT2D eigenvalue weighted by molar-refractivity contribution is 0.0968. The van der Waals surface area contributed by atoms with Crippen molar-refractivity contribution in [1.29, 1.82) is 5.26 Å². The number of nitriles is 1. The molecule has 2 unspecified atom stereocenters. The molecule has 2 heterocycles. The van der Waals surface area contributed by atoms with Crippen molar-refractivity contribution in [2.24, 2.45) is 0 Å². The van der Waals surface area contributed by atoms with Gasteiger partial charge in [-0.15, -0.1) is 0 Å². The number of benzene rings is 4. The highest BCUT2D eigenvalue weighted by molar-refractivity contribution is 6.09.